The van der Waals surface area contributed by atoms with Crippen LogP contribution in [-0.4, -0.2) is 55.6 Å². The third-order valence-electron chi connectivity index (χ3n) is 1.95. The molecule has 0 aliphatic rings. The largest absolute Gasteiger partial charge is 0.460 e. The summed E-state index contributed by atoms with van der Waals surface area (Å²) in [6.07, 6.45) is -8.51. The highest BCUT2D eigenvalue weighted by Gasteiger charge is 2.81. The third kappa shape index (κ3) is 3.20. The van der Waals surface area contributed by atoms with Crippen LogP contribution in [0.1, 0.15) is 0 Å². The lowest BCUT2D eigenvalue weighted by atomic mass is 10.0. The van der Waals surface area contributed by atoms with E-state index >= 15 is 0 Å². The summed E-state index contributed by atoms with van der Waals surface area (Å²) in [5, 5.41) is 0. The van der Waals surface area contributed by atoms with Gasteiger partial charge in [0.15, 0.2) is 6.61 Å². The summed E-state index contributed by atoms with van der Waals surface area (Å²) in [5.41, 5.74) is 0. The second-order valence-electron chi connectivity index (χ2n) is 3.80. The molecular formula is C8H8F9NO2. The van der Waals surface area contributed by atoms with Crippen LogP contribution >= 0.6 is 0 Å². The quantitative estimate of drug-likeness (QED) is 0.745. The molecule has 12 heteroatoms. The monoisotopic (exact) mass is 321 g/mol. The fraction of sp³-hybridized carbons (Fsp3) is 0.875. The van der Waals surface area contributed by atoms with Gasteiger partial charge in [0.2, 0.25) is 0 Å². The molecule has 0 fully saturated rings. The minimum Gasteiger partial charge on any atom is -0.443 e. The van der Waals surface area contributed by atoms with Crippen molar-refractivity contribution in [2.24, 2.45) is 0 Å². The number of nitrogens with zero attached hydrogens (tertiary/aromatic N) is 1. The fourth-order valence-corrected chi connectivity index (χ4v) is 0.780. The molecule has 0 radical (unpaired) electrons. The molecule has 0 aromatic carbocycles. The Morgan fingerprint density at radius 2 is 1.30 bits per heavy atom. The van der Waals surface area contributed by atoms with Crippen molar-refractivity contribution >= 4 is 6.09 Å². The number of hydrogen-bond donors (Lipinski definition) is 0. The Morgan fingerprint density at radius 3 is 1.60 bits per heavy atom. The first-order valence-electron chi connectivity index (χ1n) is 4.62. The van der Waals surface area contributed by atoms with Crippen molar-refractivity contribution in [2.45, 2.75) is 23.9 Å². The average Bonchev–Trinajstić information content (AvgIpc) is 2.23. The number of carbonyl (C=O) groups excluding carboxylic acids is 1. The van der Waals surface area contributed by atoms with Gasteiger partial charge in [-0.25, -0.2) is 4.79 Å². The van der Waals surface area contributed by atoms with Crippen LogP contribution in [0.4, 0.5) is 44.3 Å². The predicted molar refractivity (Wildman–Crippen MR) is 45.9 cm³/mol. The Labute approximate surface area is 106 Å². The van der Waals surface area contributed by atoms with Crippen LogP contribution in [0.25, 0.3) is 0 Å². The summed E-state index contributed by atoms with van der Waals surface area (Å²) < 4.78 is 114. The first-order valence-corrected chi connectivity index (χ1v) is 4.62. The third-order valence-corrected chi connectivity index (χ3v) is 1.95. The van der Waals surface area contributed by atoms with Crippen molar-refractivity contribution in [1.29, 1.82) is 0 Å². The molecule has 0 saturated heterocycles. The summed E-state index contributed by atoms with van der Waals surface area (Å²) in [6, 6.07) is 0. The van der Waals surface area contributed by atoms with Gasteiger partial charge < -0.3 is 9.64 Å². The van der Waals surface area contributed by atoms with E-state index in [9.17, 15) is 44.3 Å². The average molecular weight is 321 g/mol. The number of hydrogen-bond acceptors (Lipinski definition) is 2. The molecule has 0 saturated carbocycles. The molecule has 3 nitrogen and oxygen atoms in total. The molecule has 0 spiro atoms. The fourth-order valence-electron chi connectivity index (χ4n) is 0.780. The van der Waals surface area contributed by atoms with Crippen LogP contribution in [0, 0.1) is 0 Å². The number of amides is 1. The number of alkyl halides is 9. The Balaban J connectivity index is 5.22. The van der Waals surface area contributed by atoms with E-state index in [1.165, 1.54) is 0 Å². The topological polar surface area (TPSA) is 29.5 Å². The van der Waals surface area contributed by atoms with Gasteiger partial charge in [0.1, 0.15) is 0 Å². The van der Waals surface area contributed by atoms with Gasteiger partial charge in [-0.3, -0.25) is 0 Å². The van der Waals surface area contributed by atoms with Gasteiger partial charge >= 0.3 is 30.0 Å². The van der Waals surface area contributed by atoms with Crippen LogP contribution in [0.2, 0.25) is 0 Å². The Bertz CT molecular complexity index is 363. The van der Waals surface area contributed by atoms with Crippen molar-refractivity contribution in [3.8, 4) is 0 Å². The van der Waals surface area contributed by atoms with Gasteiger partial charge in [-0.05, 0) is 0 Å². The SMILES string of the molecule is CN(C)C(=O)OCC(F)(F)C(F)(F)C(F)(F)C(F)(F)F. The van der Waals surface area contributed by atoms with Gasteiger partial charge in [-0.2, -0.15) is 39.5 Å². The molecule has 0 aromatic rings. The molecule has 0 aromatic heterocycles. The molecule has 0 rings (SSSR count). The molecule has 0 aliphatic carbocycles. The second-order valence-corrected chi connectivity index (χ2v) is 3.80. The van der Waals surface area contributed by atoms with E-state index in [2.05, 4.69) is 4.74 Å². The minimum absolute atomic E-state index is 0.482. The zero-order valence-corrected chi connectivity index (χ0v) is 9.87. The number of rotatable bonds is 4. The standard InChI is InChI=1S/C8H8F9NO2/c1-18(2)4(19)20-3-5(9,10)6(11,12)7(13,14)8(15,16)17/h3H2,1-2H3. The number of halogens is 9. The molecule has 0 heterocycles. The Kier molecular flexibility index (Phi) is 4.85. The molecule has 0 unspecified atom stereocenters. The summed E-state index contributed by atoms with van der Waals surface area (Å²) in [5.74, 6) is -19.7. The highest BCUT2D eigenvalue weighted by atomic mass is 19.4. The smallest absolute Gasteiger partial charge is 0.443 e. The maximum Gasteiger partial charge on any atom is 0.460 e. The van der Waals surface area contributed by atoms with E-state index in [1.54, 1.807) is 0 Å². The normalized spacial score (nSPS) is 14.2. The Hall–Kier alpha value is -1.36. The summed E-state index contributed by atoms with van der Waals surface area (Å²) in [6.45, 7) is -2.64. The van der Waals surface area contributed by atoms with Crippen LogP contribution in [0.5, 0.6) is 0 Å². The molecule has 0 atom stereocenters. The van der Waals surface area contributed by atoms with Crippen LogP contribution in [0.3, 0.4) is 0 Å². The lowest BCUT2D eigenvalue weighted by Crippen LogP contribution is -2.62. The van der Waals surface area contributed by atoms with E-state index < -0.39 is 36.6 Å². The van der Waals surface area contributed by atoms with Gasteiger partial charge in [-0.1, -0.05) is 0 Å². The number of ether oxygens (including phenoxy) is 1. The number of carbonyl (C=O) groups is 1. The van der Waals surface area contributed by atoms with E-state index in [0.717, 1.165) is 14.1 Å². The van der Waals surface area contributed by atoms with Crippen LogP contribution in [-0.2, 0) is 4.74 Å². The maximum absolute atomic E-state index is 12.8. The Morgan fingerprint density at radius 1 is 0.900 bits per heavy atom. The molecule has 0 N–H and O–H groups in total. The molecular weight excluding hydrogens is 313 g/mol. The lowest BCUT2D eigenvalue weighted by Gasteiger charge is -2.33. The first kappa shape index (κ1) is 18.6. The van der Waals surface area contributed by atoms with Crippen LogP contribution in [0.15, 0.2) is 0 Å². The molecule has 120 valence electrons. The molecule has 1 amide bonds. The first-order chi connectivity index (χ1) is 8.58. The zero-order chi connectivity index (χ0) is 16.6. The van der Waals surface area contributed by atoms with E-state index in [1.807, 2.05) is 0 Å². The summed E-state index contributed by atoms with van der Waals surface area (Å²) >= 11 is 0. The maximum atomic E-state index is 12.8. The molecule has 0 aliphatic heterocycles. The van der Waals surface area contributed by atoms with Crippen molar-refractivity contribution in [1.82, 2.24) is 4.90 Å². The highest BCUT2D eigenvalue weighted by molar-refractivity contribution is 5.66. The van der Waals surface area contributed by atoms with Crippen LogP contribution < -0.4 is 0 Å². The summed E-state index contributed by atoms with van der Waals surface area (Å²) in [4.78, 5) is 11.2. The van der Waals surface area contributed by atoms with Gasteiger partial charge in [0.05, 0.1) is 0 Å². The van der Waals surface area contributed by atoms with Gasteiger partial charge in [-0.15, -0.1) is 0 Å². The van der Waals surface area contributed by atoms with Crippen molar-refractivity contribution < 1.29 is 49.0 Å². The van der Waals surface area contributed by atoms with E-state index in [4.69, 9.17) is 0 Å². The van der Waals surface area contributed by atoms with E-state index in [-0.39, 0.29) is 0 Å². The molecule has 0 bridgehead atoms. The van der Waals surface area contributed by atoms with Crippen molar-refractivity contribution in [3.05, 3.63) is 0 Å². The van der Waals surface area contributed by atoms with E-state index in [0.29, 0.717) is 4.90 Å². The molecule has 20 heavy (non-hydrogen) atoms. The zero-order valence-electron chi connectivity index (χ0n) is 9.87. The minimum atomic E-state index is -6.99. The van der Waals surface area contributed by atoms with Crippen molar-refractivity contribution in [2.75, 3.05) is 20.7 Å². The van der Waals surface area contributed by atoms with Gasteiger partial charge in [0.25, 0.3) is 0 Å². The predicted octanol–water partition coefficient (Wildman–Crippen LogP) is 3.15. The summed E-state index contributed by atoms with van der Waals surface area (Å²) in [7, 11) is 1.89. The lowest BCUT2D eigenvalue weighted by molar-refractivity contribution is -0.398. The highest BCUT2D eigenvalue weighted by Crippen LogP contribution is 2.53. The second kappa shape index (κ2) is 5.20. The van der Waals surface area contributed by atoms with Crippen molar-refractivity contribution in [3.63, 3.8) is 0 Å². The van der Waals surface area contributed by atoms with Gasteiger partial charge in [0, 0.05) is 14.1 Å².